The molecule has 0 bridgehead atoms. The van der Waals surface area contributed by atoms with Crippen molar-refractivity contribution in [3.63, 3.8) is 0 Å². The molecule has 0 radical (unpaired) electrons. The first kappa shape index (κ1) is 21.4. The second-order valence-corrected chi connectivity index (χ2v) is 5.47. The van der Waals surface area contributed by atoms with E-state index in [2.05, 4.69) is 34.6 Å². The zero-order chi connectivity index (χ0) is 17.4. The molecule has 7 heteroatoms. The molecule has 0 aliphatic carbocycles. The van der Waals surface area contributed by atoms with Gasteiger partial charge in [0, 0.05) is 32.1 Å². The van der Waals surface area contributed by atoms with Crippen molar-refractivity contribution in [1.82, 2.24) is 15.8 Å². The zero-order valence-electron chi connectivity index (χ0n) is 14.9. The minimum absolute atomic E-state index is 0. The van der Waals surface area contributed by atoms with Gasteiger partial charge < -0.3 is 15.2 Å². The van der Waals surface area contributed by atoms with Crippen LogP contribution in [0.1, 0.15) is 36.4 Å². The number of rotatable bonds is 7. The van der Waals surface area contributed by atoms with E-state index in [0.717, 1.165) is 54.3 Å². The molecule has 1 aromatic heterocycles. The van der Waals surface area contributed by atoms with Crippen LogP contribution in [0.2, 0.25) is 0 Å². The third-order valence-electron chi connectivity index (χ3n) is 3.88. The Bertz CT molecular complexity index is 649. The van der Waals surface area contributed by atoms with Crippen molar-refractivity contribution in [3.8, 4) is 0 Å². The average molecular weight is 460 g/mol. The van der Waals surface area contributed by atoms with Gasteiger partial charge in [0.2, 0.25) is 0 Å². The standard InChI is InChI=1S/C18H25FN4O.HI/c1-4-16-15(17(5-2)24-23-16)12-22-18(20-3)21-11-10-13-6-8-14(19)9-7-13;/h6-9H,4-5,10-12H2,1-3H3,(H2,20,21,22);1H. The summed E-state index contributed by atoms with van der Waals surface area (Å²) in [5, 5.41) is 10.7. The Balaban J connectivity index is 0.00000312. The molecule has 2 rings (SSSR count). The van der Waals surface area contributed by atoms with Gasteiger partial charge in [-0.25, -0.2) is 4.39 Å². The lowest BCUT2D eigenvalue weighted by Gasteiger charge is -2.12. The van der Waals surface area contributed by atoms with Crippen molar-refractivity contribution >= 4 is 29.9 Å². The molecular weight excluding hydrogens is 434 g/mol. The largest absolute Gasteiger partial charge is 0.361 e. The molecule has 1 heterocycles. The molecule has 0 aliphatic rings. The fraction of sp³-hybridized carbons (Fsp3) is 0.444. The van der Waals surface area contributed by atoms with Crippen LogP contribution in [0.3, 0.4) is 0 Å². The monoisotopic (exact) mass is 460 g/mol. The third kappa shape index (κ3) is 6.30. The molecule has 25 heavy (non-hydrogen) atoms. The molecular formula is C18H26FIN4O. The first-order chi connectivity index (χ1) is 11.7. The summed E-state index contributed by atoms with van der Waals surface area (Å²) in [5.74, 6) is 1.43. The van der Waals surface area contributed by atoms with E-state index in [1.807, 2.05) is 0 Å². The smallest absolute Gasteiger partial charge is 0.191 e. The highest BCUT2D eigenvalue weighted by Gasteiger charge is 2.13. The summed E-state index contributed by atoms with van der Waals surface area (Å²) in [6, 6.07) is 6.55. The zero-order valence-corrected chi connectivity index (χ0v) is 17.3. The van der Waals surface area contributed by atoms with E-state index in [0.29, 0.717) is 6.54 Å². The van der Waals surface area contributed by atoms with E-state index in [1.54, 1.807) is 19.2 Å². The maximum absolute atomic E-state index is 12.9. The maximum atomic E-state index is 12.9. The van der Waals surface area contributed by atoms with Crippen molar-refractivity contribution in [1.29, 1.82) is 0 Å². The number of aliphatic imine (C=N–C) groups is 1. The SMILES string of the molecule is CCc1noc(CC)c1CNC(=NC)NCCc1ccc(F)cc1.I. The molecule has 138 valence electrons. The number of hydrogen-bond acceptors (Lipinski definition) is 3. The van der Waals surface area contributed by atoms with Gasteiger partial charge in [-0.1, -0.05) is 31.1 Å². The van der Waals surface area contributed by atoms with E-state index in [1.165, 1.54) is 12.1 Å². The number of hydrogen-bond donors (Lipinski definition) is 2. The van der Waals surface area contributed by atoms with Crippen LogP contribution in [-0.2, 0) is 25.8 Å². The number of benzene rings is 1. The molecule has 0 fully saturated rings. The average Bonchev–Trinajstić information content (AvgIpc) is 3.01. The quantitative estimate of drug-likeness (QED) is 0.378. The second kappa shape index (κ2) is 11.1. The molecule has 0 unspecified atom stereocenters. The second-order valence-electron chi connectivity index (χ2n) is 5.47. The third-order valence-corrected chi connectivity index (χ3v) is 3.88. The Morgan fingerprint density at radius 1 is 1.16 bits per heavy atom. The minimum Gasteiger partial charge on any atom is -0.361 e. The summed E-state index contributed by atoms with van der Waals surface area (Å²) in [7, 11) is 1.74. The lowest BCUT2D eigenvalue weighted by molar-refractivity contribution is 0.380. The predicted molar refractivity (Wildman–Crippen MR) is 109 cm³/mol. The highest BCUT2D eigenvalue weighted by Crippen LogP contribution is 2.15. The van der Waals surface area contributed by atoms with E-state index in [9.17, 15) is 4.39 Å². The summed E-state index contributed by atoms with van der Waals surface area (Å²) < 4.78 is 18.3. The van der Waals surface area contributed by atoms with Crippen molar-refractivity contribution < 1.29 is 8.91 Å². The van der Waals surface area contributed by atoms with E-state index < -0.39 is 0 Å². The lowest BCUT2D eigenvalue weighted by atomic mass is 10.1. The summed E-state index contributed by atoms with van der Waals surface area (Å²) in [6.07, 6.45) is 2.46. The molecule has 5 nitrogen and oxygen atoms in total. The summed E-state index contributed by atoms with van der Waals surface area (Å²) in [5.41, 5.74) is 3.18. The highest BCUT2D eigenvalue weighted by atomic mass is 127. The van der Waals surface area contributed by atoms with Gasteiger partial charge in [-0.2, -0.15) is 0 Å². The number of halogens is 2. The van der Waals surface area contributed by atoms with Crippen LogP contribution in [0.4, 0.5) is 4.39 Å². The first-order valence-electron chi connectivity index (χ1n) is 8.33. The number of aromatic nitrogens is 1. The van der Waals surface area contributed by atoms with Gasteiger partial charge >= 0.3 is 0 Å². The van der Waals surface area contributed by atoms with Gasteiger partial charge in [0.25, 0.3) is 0 Å². The van der Waals surface area contributed by atoms with Crippen LogP contribution in [0, 0.1) is 5.82 Å². The van der Waals surface area contributed by atoms with Crippen LogP contribution in [0.25, 0.3) is 0 Å². The Hall–Kier alpha value is -1.64. The normalized spacial score (nSPS) is 11.1. The van der Waals surface area contributed by atoms with Crippen LogP contribution in [0.5, 0.6) is 0 Å². The molecule has 2 aromatic rings. The Morgan fingerprint density at radius 3 is 2.48 bits per heavy atom. The van der Waals surface area contributed by atoms with E-state index in [4.69, 9.17) is 4.52 Å². The summed E-state index contributed by atoms with van der Waals surface area (Å²) >= 11 is 0. The summed E-state index contributed by atoms with van der Waals surface area (Å²) in [4.78, 5) is 4.23. The van der Waals surface area contributed by atoms with Gasteiger partial charge in [-0.05, 0) is 30.5 Å². The van der Waals surface area contributed by atoms with Gasteiger partial charge in [0.1, 0.15) is 11.6 Å². The number of aryl methyl sites for hydroxylation is 2. The molecule has 0 atom stereocenters. The first-order valence-corrected chi connectivity index (χ1v) is 8.33. The molecule has 0 amide bonds. The fourth-order valence-corrected chi connectivity index (χ4v) is 2.51. The van der Waals surface area contributed by atoms with E-state index in [-0.39, 0.29) is 29.8 Å². The van der Waals surface area contributed by atoms with Crippen LogP contribution in [-0.4, -0.2) is 24.7 Å². The van der Waals surface area contributed by atoms with Crippen molar-refractivity contribution in [3.05, 3.63) is 52.7 Å². The summed E-state index contributed by atoms with van der Waals surface area (Å²) in [6.45, 7) is 5.47. The molecule has 1 aromatic carbocycles. The number of nitrogens with one attached hydrogen (secondary N) is 2. The Morgan fingerprint density at radius 2 is 1.88 bits per heavy atom. The van der Waals surface area contributed by atoms with Crippen LogP contribution in [0.15, 0.2) is 33.8 Å². The maximum Gasteiger partial charge on any atom is 0.191 e. The van der Waals surface area contributed by atoms with Gasteiger partial charge in [-0.3, -0.25) is 4.99 Å². The molecule has 2 N–H and O–H groups in total. The van der Waals surface area contributed by atoms with Crippen molar-refractivity contribution in [2.24, 2.45) is 4.99 Å². The Labute approximate surface area is 165 Å². The van der Waals surface area contributed by atoms with Gasteiger partial charge in [0.15, 0.2) is 5.96 Å². The number of guanidine groups is 1. The molecule has 0 spiro atoms. The fourth-order valence-electron chi connectivity index (χ4n) is 2.51. The van der Waals surface area contributed by atoms with Crippen LogP contribution >= 0.6 is 24.0 Å². The van der Waals surface area contributed by atoms with Gasteiger partial charge in [-0.15, -0.1) is 24.0 Å². The topological polar surface area (TPSA) is 62.5 Å². The van der Waals surface area contributed by atoms with Crippen molar-refractivity contribution in [2.45, 2.75) is 39.7 Å². The lowest BCUT2D eigenvalue weighted by Crippen LogP contribution is -2.38. The number of nitrogens with zero attached hydrogens (tertiary/aromatic N) is 2. The van der Waals surface area contributed by atoms with Crippen molar-refractivity contribution in [2.75, 3.05) is 13.6 Å². The molecule has 0 saturated carbocycles. The van der Waals surface area contributed by atoms with Crippen LogP contribution < -0.4 is 10.6 Å². The highest BCUT2D eigenvalue weighted by molar-refractivity contribution is 14.0. The van der Waals surface area contributed by atoms with Gasteiger partial charge in [0.05, 0.1) is 5.69 Å². The molecule has 0 aliphatic heterocycles. The predicted octanol–water partition coefficient (Wildman–Crippen LogP) is 3.46. The minimum atomic E-state index is -0.212. The Kier molecular flexibility index (Phi) is 9.48. The molecule has 0 saturated heterocycles. The van der Waals surface area contributed by atoms with E-state index >= 15 is 0 Å².